The van der Waals surface area contributed by atoms with Crippen molar-refractivity contribution in [1.82, 2.24) is 20.2 Å². The number of aromatic nitrogens is 4. The highest BCUT2D eigenvalue weighted by Gasteiger charge is 2.18. The molecule has 0 amide bonds. The lowest BCUT2D eigenvalue weighted by Crippen LogP contribution is -2.16. The molecular weight excluding hydrogens is 458 g/mol. The zero-order valence-electron chi connectivity index (χ0n) is 20.2. The van der Waals surface area contributed by atoms with Crippen molar-refractivity contribution in [2.75, 3.05) is 30.9 Å². The van der Waals surface area contributed by atoms with E-state index in [0.717, 1.165) is 35.3 Å². The Morgan fingerprint density at radius 1 is 1.14 bits per heavy atom. The van der Waals surface area contributed by atoms with Crippen molar-refractivity contribution in [3.8, 4) is 11.5 Å². The first-order valence-corrected chi connectivity index (χ1v) is 11.7. The van der Waals surface area contributed by atoms with E-state index >= 15 is 0 Å². The predicted molar refractivity (Wildman–Crippen MR) is 137 cm³/mol. The second-order valence-corrected chi connectivity index (χ2v) is 8.59. The first-order valence-electron chi connectivity index (χ1n) is 11.7. The van der Waals surface area contributed by atoms with Crippen LogP contribution in [0.1, 0.15) is 24.8 Å². The molecule has 0 atom stereocenters. The largest absolute Gasteiger partial charge is 0.488 e. The van der Waals surface area contributed by atoms with Gasteiger partial charge in [0.2, 0.25) is 5.90 Å². The van der Waals surface area contributed by atoms with Crippen molar-refractivity contribution in [3.05, 3.63) is 78.3 Å². The number of nitrogens with zero attached hydrogens (tertiary/aromatic N) is 6. The van der Waals surface area contributed by atoms with Crippen molar-refractivity contribution >= 4 is 23.3 Å². The fraction of sp³-hybridized carbons (Fsp3) is 0.269. The summed E-state index contributed by atoms with van der Waals surface area (Å²) in [5.41, 5.74) is 4.87. The summed E-state index contributed by atoms with van der Waals surface area (Å²) >= 11 is 0. The lowest BCUT2D eigenvalue weighted by atomic mass is 10.0. The van der Waals surface area contributed by atoms with Crippen LogP contribution in [0.4, 0.5) is 17.4 Å². The van der Waals surface area contributed by atoms with Crippen LogP contribution in [-0.4, -0.2) is 46.8 Å². The highest BCUT2D eigenvalue weighted by molar-refractivity contribution is 5.81. The average molecular weight is 486 g/mol. The highest BCUT2D eigenvalue weighted by atomic mass is 16.6. The molecule has 3 heterocycles. The second-order valence-electron chi connectivity index (χ2n) is 8.59. The van der Waals surface area contributed by atoms with Gasteiger partial charge < -0.3 is 24.1 Å². The summed E-state index contributed by atoms with van der Waals surface area (Å²) in [6, 6.07) is 6.06. The van der Waals surface area contributed by atoms with Gasteiger partial charge in [0.05, 0.1) is 5.56 Å². The molecule has 0 fully saturated rings. The summed E-state index contributed by atoms with van der Waals surface area (Å²) in [4.78, 5) is 14.6. The number of aliphatic imine (C=N–C) groups is 1. The van der Waals surface area contributed by atoms with Gasteiger partial charge in [0, 0.05) is 56.4 Å². The number of nitrogens with one attached hydrogen (secondary N) is 1. The fourth-order valence-corrected chi connectivity index (χ4v) is 3.80. The molecule has 0 spiro atoms. The molecule has 10 heteroatoms. The molecule has 0 radical (unpaired) electrons. The molecule has 0 bridgehead atoms. The Morgan fingerprint density at radius 2 is 2.03 bits per heavy atom. The molecule has 10 nitrogen and oxygen atoms in total. The zero-order chi connectivity index (χ0) is 24.7. The molecule has 36 heavy (non-hydrogen) atoms. The number of hydrogen-bond acceptors (Lipinski definition) is 10. The Kier molecular flexibility index (Phi) is 7.02. The molecule has 1 aromatic carbocycles. The second kappa shape index (κ2) is 10.9. The van der Waals surface area contributed by atoms with Crippen LogP contribution in [0.2, 0.25) is 0 Å². The third-order valence-corrected chi connectivity index (χ3v) is 5.65. The minimum Gasteiger partial charge on any atom is -0.488 e. The maximum Gasteiger partial charge on any atom is 0.345 e. The van der Waals surface area contributed by atoms with Gasteiger partial charge in [-0.05, 0) is 31.0 Å². The molecule has 1 aliphatic carbocycles. The van der Waals surface area contributed by atoms with Crippen LogP contribution in [0.15, 0.2) is 82.2 Å². The highest BCUT2D eigenvalue weighted by Crippen LogP contribution is 2.32. The Bertz CT molecular complexity index is 1330. The molecule has 0 unspecified atom stereocenters. The van der Waals surface area contributed by atoms with Crippen LogP contribution in [0, 0.1) is 0 Å². The molecule has 184 valence electrons. The van der Waals surface area contributed by atoms with Gasteiger partial charge in [-0.3, -0.25) is 0 Å². The minimum atomic E-state index is 0.101. The van der Waals surface area contributed by atoms with Crippen molar-refractivity contribution < 1.29 is 13.9 Å². The average Bonchev–Trinajstić information content (AvgIpc) is 3.37. The first kappa shape index (κ1) is 23.3. The van der Waals surface area contributed by atoms with Gasteiger partial charge in [-0.25, -0.2) is 9.97 Å². The van der Waals surface area contributed by atoms with Crippen molar-refractivity contribution in [2.45, 2.75) is 25.8 Å². The summed E-state index contributed by atoms with van der Waals surface area (Å²) < 4.78 is 17.4. The van der Waals surface area contributed by atoms with E-state index in [1.54, 1.807) is 18.7 Å². The van der Waals surface area contributed by atoms with E-state index in [-0.39, 0.29) is 12.6 Å². The summed E-state index contributed by atoms with van der Waals surface area (Å²) in [6.07, 6.45) is 15.8. The topological polar surface area (TPSA) is 111 Å². The van der Waals surface area contributed by atoms with Crippen LogP contribution >= 0.6 is 0 Å². The van der Waals surface area contributed by atoms with Crippen LogP contribution in [0.3, 0.4) is 0 Å². The molecule has 5 rings (SSSR count). The number of hydrogen-bond donors (Lipinski definition) is 1. The van der Waals surface area contributed by atoms with Crippen LogP contribution in [0.25, 0.3) is 11.5 Å². The van der Waals surface area contributed by atoms with Gasteiger partial charge in [0.1, 0.15) is 18.3 Å². The summed E-state index contributed by atoms with van der Waals surface area (Å²) in [5.74, 6) is 1.43. The molecule has 2 aliphatic rings. The van der Waals surface area contributed by atoms with Gasteiger partial charge in [0.25, 0.3) is 5.89 Å². The minimum absolute atomic E-state index is 0.101. The third-order valence-electron chi connectivity index (χ3n) is 5.65. The van der Waals surface area contributed by atoms with E-state index in [9.17, 15) is 0 Å². The normalized spacial score (nSPS) is 16.1. The third kappa shape index (κ3) is 5.77. The first-order chi connectivity index (χ1) is 17.6. The lowest BCUT2D eigenvalue weighted by Gasteiger charge is -2.18. The summed E-state index contributed by atoms with van der Waals surface area (Å²) in [7, 11) is 3.97. The quantitative estimate of drug-likeness (QED) is 0.481. The van der Waals surface area contributed by atoms with Crippen molar-refractivity contribution in [3.63, 3.8) is 0 Å². The van der Waals surface area contributed by atoms with E-state index < -0.39 is 0 Å². The van der Waals surface area contributed by atoms with Crippen LogP contribution in [-0.2, 0) is 16.0 Å². The van der Waals surface area contributed by atoms with E-state index in [0.29, 0.717) is 30.5 Å². The maximum atomic E-state index is 5.93. The zero-order valence-corrected chi connectivity index (χ0v) is 20.2. The van der Waals surface area contributed by atoms with E-state index in [1.165, 1.54) is 11.9 Å². The summed E-state index contributed by atoms with van der Waals surface area (Å²) in [5, 5.41) is 11.8. The Labute approximate surface area is 209 Å². The summed E-state index contributed by atoms with van der Waals surface area (Å²) in [6.45, 7) is 0.740. The SMILES string of the molecule is CN(C)c1ccc(-c2nnc(N=C3COC=C(CC4=CC=CCC4)O3)o2)c(NCc2cncnc2)c1. The maximum absolute atomic E-state index is 5.93. The smallest absolute Gasteiger partial charge is 0.345 e. The monoisotopic (exact) mass is 485 g/mol. The molecule has 1 aliphatic heterocycles. The van der Waals surface area contributed by atoms with Gasteiger partial charge in [-0.1, -0.05) is 28.9 Å². The van der Waals surface area contributed by atoms with Crippen molar-refractivity contribution in [2.24, 2.45) is 4.99 Å². The number of benzene rings is 1. The van der Waals surface area contributed by atoms with E-state index in [4.69, 9.17) is 13.9 Å². The van der Waals surface area contributed by atoms with Gasteiger partial charge >= 0.3 is 6.01 Å². The standard InChI is InChI=1S/C26H27N7O3/c1-33(2)20-8-9-22(23(11-20)29-14-19-12-27-17-28-13-19)25-31-32-26(36-25)30-24-16-34-15-21(35-24)10-18-6-4-3-5-7-18/h3-4,6,8-9,11-13,15,17,29H,5,7,10,14,16H2,1-2H3. The van der Waals surface area contributed by atoms with Gasteiger partial charge in [0.15, 0.2) is 6.61 Å². The van der Waals surface area contributed by atoms with Crippen LogP contribution < -0.4 is 10.2 Å². The molecule has 0 saturated carbocycles. The molecule has 1 N–H and O–H groups in total. The van der Waals surface area contributed by atoms with E-state index in [1.807, 2.05) is 37.2 Å². The van der Waals surface area contributed by atoms with E-state index in [2.05, 4.69) is 48.7 Å². The molecule has 2 aromatic heterocycles. The van der Waals surface area contributed by atoms with Gasteiger partial charge in [-0.15, -0.1) is 5.10 Å². The Hall–Kier alpha value is -4.47. The molecular formula is C26H27N7O3. The number of rotatable bonds is 8. The Morgan fingerprint density at radius 3 is 2.83 bits per heavy atom. The molecule has 3 aromatic rings. The van der Waals surface area contributed by atoms with Gasteiger partial charge in [-0.2, -0.15) is 4.99 Å². The lowest BCUT2D eigenvalue weighted by molar-refractivity contribution is 0.211. The number of allylic oxidation sites excluding steroid dienone is 4. The number of ether oxygens (including phenoxy) is 2. The molecule has 0 saturated heterocycles. The fourth-order valence-electron chi connectivity index (χ4n) is 3.80. The Balaban J connectivity index is 1.33. The van der Waals surface area contributed by atoms with Crippen LogP contribution in [0.5, 0.6) is 0 Å². The number of anilines is 2. The van der Waals surface area contributed by atoms with Crippen molar-refractivity contribution in [1.29, 1.82) is 0 Å². The predicted octanol–water partition coefficient (Wildman–Crippen LogP) is 4.79.